The molecule has 0 unspecified atom stereocenters. The summed E-state index contributed by atoms with van der Waals surface area (Å²) in [7, 11) is 0. The molecule has 106 valence electrons. The van der Waals surface area contributed by atoms with E-state index >= 15 is 0 Å². The van der Waals surface area contributed by atoms with E-state index in [4.69, 9.17) is 5.73 Å². The summed E-state index contributed by atoms with van der Waals surface area (Å²) < 4.78 is 14.2. The second-order valence-electron chi connectivity index (χ2n) is 4.67. The molecule has 20 heavy (non-hydrogen) atoms. The average Bonchev–Trinajstić information content (AvgIpc) is 2.70. The van der Waals surface area contributed by atoms with Crippen LogP contribution < -0.4 is 5.73 Å². The van der Waals surface area contributed by atoms with Gasteiger partial charge in [0.25, 0.3) is 0 Å². The molecule has 0 radical (unpaired) electrons. The van der Waals surface area contributed by atoms with Crippen LogP contribution in [0.5, 0.6) is 0 Å². The fourth-order valence-electron chi connectivity index (χ4n) is 2.06. The molecular formula is C14H13BrFNO2S. The second-order valence-corrected chi connectivity index (χ2v) is 6.55. The molecule has 2 rings (SSSR count). The molecule has 3 N–H and O–H groups in total. The normalized spacial score (nSPS) is 11.1. The highest BCUT2D eigenvalue weighted by Gasteiger charge is 2.24. The third-order valence-electron chi connectivity index (χ3n) is 2.93. The van der Waals surface area contributed by atoms with Gasteiger partial charge in [-0.3, -0.25) is 0 Å². The van der Waals surface area contributed by atoms with Gasteiger partial charge in [-0.2, -0.15) is 0 Å². The molecule has 2 aromatic rings. The molecule has 0 aliphatic rings. The van der Waals surface area contributed by atoms with Crippen LogP contribution in [-0.2, 0) is 0 Å². The van der Waals surface area contributed by atoms with E-state index in [9.17, 15) is 14.3 Å². The molecule has 0 saturated heterocycles. The molecule has 0 amide bonds. The highest BCUT2D eigenvalue weighted by molar-refractivity contribution is 9.10. The molecule has 6 heteroatoms. The lowest BCUT2D eigenvalue weighted by Gasteiger charge is -2.10. The zero-order valence-electron chi connectivity index (χ0n) is 10.9. The third-order valence-corrected chi connectivity index (χ3v) is 4.86. The summed E-state index contributed by atoms with van der Waals surface area (Å²) in [6.45, 7) is 3.86. The van der Waals surface area contributed by atoms with Gasteiger partial charge in [-0.1, -0.05) is 29.8 Å². The van der Waals surface area contributed by atoms with E-state index in [-0.39, 0.29) is 22.3 Å². The maximum absolute atomic E-state index is 13.5. The van der Waals surface area contributed by atoms with E-state index < -0.39 is 5.97 Å². The van der Waals surface area contributed by atoms with Gasteiger partial charge in [0.2, 0.25) is 0 Å². The molecule has 1 heterocycles. The number of carboxylic acid groups (broad SMARTS) is 1. The standard InChI is InChI=1S/C14H13BrFNO2S/c1-6(2)10-11(17)13(14(18)19)20-12(10)8-5-7(16)3-4-9(8)15/h3-6H,17H2,1-2H3,(H,18,19). The van der Waals surface area contributed by atoms with Gasteiger partial charge in [0.15, 0.2) is 0 Å². The fourth-order valence-corrected chi connectivity index (χ4v) is 3.88. The van der Waals surface area contributed by atoms with E-state index in [0.717, 1.165) is 16.9 Å². The Morgan fingerprint density at radius 2 is 2.10 bits per heavy atom. The van der Waals surface area contributed by atoms with Crippen molar-refractivity contribution in [2.24, 2.45) is 0 Å². The van der Waals surface area contributed by atoms with Crippen LogP contribution in [0.25, 0.3) is 10.4 Å². The molecule has 1 aromatic heterocycles. The van der Waals surface area contributed by atoms with Crippen molar-refractivity contribution in [3.63, 3.8) is 0 Å². The van der Waals surface area contributed by atoms with Gasteiger partial charge in [0.05, 0.1) is 5.69 Å². The van der Waals surface area contributed by atoms with Gasteiger partial charge in [-0.15, -0.1) is 11.3 Å². The Bertz CT molecular complexity index is 682. The van der Waals surface area contributed by atoms with Crippen LogP contribution in [0, 0.1) is 5.82 Å². The summed E-state index contributed by atoms with van der Waals surface area (Å²) >= 11 is 4.45. The summed E-state index contributed by atoms with van der Waals surface area (Å²) in [5.41, 5.74) is 7.59. The van der Waals surface area contributed by atoms with Crippen molar-refractivity contribution in [2.75, 3.05) is 5.73 Å². The number of halogens is 2. The van der Waals surface area contributed by atoms with Crippen molar-refractivity contribution in [2.45, 2.75) is 19.8 Å². The van der Waals surface area contributed by atoms with Crippen LogP contribution in [0.1, 0.15) is 35.0 Å². The van der Waals surface area contributed by atoms with Crippen molar-refractivity contribution in [1.82, 2.24) is 0 Å². The Morgan fingerprint density at radius 1 is 1.45 bits per heavy atom. The van der Waals surface area contributed by atoms with Crippen molar-refractivity contribution in [3.8, 4) is 10.4 Å². The molecule has 0 bridgehead atoms. The number of nitrogen functional groups attached to an aromatic ring is 1. The molecule has 0 fully saturated rings. The summed E-state index contributed by atoms with van der Waals surface area (Å²) in [6, 6.07) is 4.33. The molecule has 0 spiro atoms. The van der Waals surface area contributed by atoms with E-state index in [0.29, 0.717) is 14.9 Å². The van der Waals surface area contributed by atoms with Crippen LogP contribution in [0.3, 0.4) is 0 Å². The number of benzene rings is 1. The average molecular weight is 358 g/mol. The van der Waals surface area contributed by atoms with E-state index in [1.165, 1.54) is 12.1 Å². The quantitative estimate of drug-likeness (QED) is 0.835. The molecule has 3 nitrogen and oxygen atoms in total. The number of aromatic carboxylic acids is 1. The first kappa shape index (κ1) is 15.0. The first-order valence-corrected chi connectivity index (χ1v) is 7.54. The summed E-state index contributed by atoms with van der Waals surface area (Å²) in [5.74, 6) is -1.39. The van der Waals surface area contributed by atoms with Gasteiger partial charge >= 0.3 is 5.97 Å². The lowest BCUT2D eigenvalue weighted by atomic mass is 9.98. The van der Waals surface area contributed by atoms with Crippen molar-refractivity contribution in [3.05, 3.63) is 38.9 Å². The summed E-state index contributed by atoms with van der Waals surface area (Å²) in [5, 5.41) is 9.20. The molecule has 0 saturated carbocycles. The lowest BCUT2D eigenvalue weighted by molar-refractivity contribution is 0.0703. The predicted molar refractivity (Wildman–Crippen MR) is 82.9 cm³/mol. The molecule has 0 atom stereocenters. The first-order valence-electron chi connectivity index (χ1n) is 5.93. The van der Waals surface area contributed by atoms with Gasteiger partial charge in [-0.05, 0) is 29.7 Å². The lowest BCUT2D eigenvalue weighted by Crippen LogP contribution is -2.00. The summed E-state index contributed by atoms with van der Waals surface area (Å²) in [6.07, 6.45) is 0. The van der Waals surface area contributed by atoms with Gasteiger partial charge in [-0.25, -0.2) is 9.18 Å². The number of hydrogen-bond donors (Lipinski definition) is 2. The number of hydrogen-bond acceptors (Lipinski definition) is 3. The Labute approximate surface area is 128 Å². The maximum Gasteiger partial charge on any atom is 0.348 e. The van der Waals surface area contributed by atoms with Crippen LogP contribution >= 0.6 is 27.3 Å². The zero-order chi connectivity index (χ0) is 15.0. The highest BCUT2D eigenvalue weighted by Crippen LogP contribution is 2.44. The topological polar surface area (TPSA) is 63.3 Å². The van der Waals surface area contributed by atoms with Crippen molar-refractivity contribution < 1.29 is 14.3 Å². The summed E-state index contributed by atoms with van der Waals surface area (Å²) in [4.78, 5) is 12.0. The van der Waals surface area contributed by atoms with Crippen LogP contribution in [0.4, 0.5) is 10.1 Å². The van der Waals surface area contributed by atoms with Gasteiger partial charge < -0.3 is 10.8 Å². The number of rotatable bonds is 3. The molecule has 1 aromatic carbocycles. The van der Waals surface area contributed by atoms with E-state index in [2.05, 4.69) is 15.9 Å². The molecule has 0 aliphatic heterocycles. The monoisotopic (exact) mass is 357 g/mol. The zero-order valence-corrected chi connectivity index (χ0v) is 13.3. The largest absolute Gasteiger partial charge is 0.477 e. The molecule has 0 aliphatic carbocycles. The smallest absolute Gasteiger partial charge is 0.348 e. The Morgan fingerprint density at radius 3 is 2.65 bits per heavy atom. The van der Waals surface area contributed by atoms with Crippen LogP contribution in [0.15, 0.2) is 22.7 Å². The van der Waals surface area contributed by atoms with Crippen LogP contribution in [-0.4, -0.2) is 11.1 Å². The van der Waals surface area contributed by atoms with Crippen LogP contribution in [0.2, 0.25) is 0 Å². The minimum absolute atomic E-state index is 0.0458. The number of anilines is 1. The highest BCUT2D eigenvalue weighted by atomic mass is 79.9. The number of nitrogens with two attached hydrogens (primary N) is 1. The van der Waals surface area contributed by atoms with Crippen molar-refractivity contribution in [1.29, 1.82) is 0 Å². The molecular weight excluding hydrogens is 345 g/mol. The Kier molecular flexibility index (Phi) is 4.15. The third kappa shape index (κ3) is 2.58. The fraction of sp³-hybridized carbons (Fsp3) is 0.214. The minimum atomic E-state index is -1.06. The van der Waals surface area contributed by atoms with Gasteiger partial charge in [0.1, 0.15) is 10.7 Å². The first-order chi connectivity index (χ1) is 9.32. The van der Waals surface area contributed by atoms with E-state index in [1.807, 2.05) is 13.8 Å². The second kappa shape index (κ2) is 5.54. The number of carbonyl (C=O) groups is 1. The SMILES string of the molecule is CC(C)c1c(-c2cc(F)ccc2Br)sc(C(=O)O)c1N. The van der Waals surface area contributed by atoms with E-state index in [1.54, 1.807) is 6.07 Å². The van der Waals surface area contributed by atoms with Crippen molar-refractivity contribution >= 4 is 38.9 Å². The Hall–Kier alpha value is -1.40. The minimum Gasteiger partial charge on any atom is -0.477 e. The van der Waals surface area contributed by atoms with Gasteiger partial charge in [0, 0.05) is 14.9 Å². The number of carboxylic acids is 1. The Balaban J connectivity index is 2.76. The number of thiophene rings is 1. The predicted octanol–water partition coefficient (Wildman–Crippen LogP) is 4.72. The maximum atomic E-state index is 13.5.